The van der Waals surface area contributed by atoms with Gasteiger partial charge in [0.2, 0.25) is 5.56 Å². The summed E-state index contributed by atoms with van der Waals surface area (Å²) in [6.45, 7) is 2.79. The molecule has 1 aromatic heterocycles. The van der Waals surface area contributed by atoms with Gasteiger partial charge >= 0.3 is 0 Å². The van der Waals surface area contributed by atoms with Crippen LogP contribution in [0.25, 0.3) is 10.9 Å². The van der Waals surface area contributed by atoms with Crippen molar-refractivity contribution in [2.24, 2.45) is 0 Å². The zero-order valence-electron chi connectivity index (χ0n) is 9.87. The van der Waals surface area contributed by atoms with Crippen LogP contribution in [0.1, 0.15) is 11.1 Å². The summed E-state index contributed by atoms with van der Waals surface area (Å²) in [5.41, 5.74) is 3.10. The molecule has 0 saturated carbocycles. The maximum Gasteiger partial charge on any atom is 0.248 e. The van der Waals surface area contributed by atoms with Crippen LogP contribution in [0.2, 0.25) is 0 Å². The first kappa shape index (κ1) is 10.9. The molecule has 16 heavy (non-hydrogen) atoms. The lowest BCUT2D eigenvalue weighted by molar-refractivity contribution is 0.404. The Bertz CT molecular complexity index is 570. The fraction of sp³-hybridized carbons (Fsp3) is 0.308. The summed E-state index contributed by atoms with van der Waals surface area (Å²) in [6, 6.07) is 7.77. The summed E-state index contributed by atoms with van der Waals surface area (Å²) >= 11 is 0. The van der Waals surface area contributed by atoms with Gasteiger partial charge in [0.05, 0.1) is 5.52 Å². The number of aryl methyl sites for hydroxylation is 1. The van der Waals surface area contributed by atoms with E-state index in [2.05, 4.69) is 16.0 Å². The molecule has 2 aromatic rings. The first-order chi connectivity index (χ1) is 7.58. The van der Waals surface area contributed by atoms with E-state index in [4.69, 9.17) is 0 Å². The predicted molar refractivity (Wildman–Crippen MR) is 66.7 cm³/mol. The van der Waals surface area contributed by atoms with Crippen molar-refractivity contribution in [3.63, 3.8) is 0 Å². The first-order valence-electron chi connectivity index (χ1n) is 5.34. The number of aromatic nitrogens is 1. The van der Waals surface area contributed by atoms with Crippen molar-refractivity contribution < 1.29 is 0 Å². The molecule has 0 amide bonds. The summed E-state index contributed by atoms with van der Waals surface area (Å²) in [5.74, 6) is 0. The Morgan fingerprint density at radius 1 is 1.31 bits per heavy atom. The predicted octanol–water partition coefficient (Wildman–Crippen LogP) is 1.90. The minimum absolute atomic E-state index is 0.0290. The lowest BCUT2D eigenvalue weighted by Crippen LogP contribution is -2.15. The average Bonchev–Trinajstić information content (AvgIpc) is 2.18. The molecular weight excluding hydrogens is 200 g/mol. The number of nitrogens with one attached hydrogen (secondary N) is 1. The van der Waals surface area contributed by atoms with Gasteiger partial charge in [-0.2, -0.15) is 0 Å². The Morgan fingerprint density at radius 3 is 2.75 bits per heavy atom. The molecule has 0 aliphatic heterocycles. The van der Waals surface area contributed by atoms with Crippen LogP contribution >= 0.6 is 0 Å². The fourth-order valence-electron chi connectivity index (χ4n) is 1.97. The van der Waals surface area contributed by atoms with E-state index in [1.807, 2.05) is 33.2 Å². The SMILES string of the molecule is Cc1cccc2c(CN(C)C)cc(=O)[nH]c12. The maximum atomic E-state index is 11.6. The second-order valence-corrected chi connectivity index (χ2v) is 4.39. The van der Waals surface area contributed by atoms with Gasteiger partial charge in [-0.25, -0.2) is 0 Å². The van der Waals surface area contributed by atoms with Crippen LogP contribution in [-0.2, 0) is 6.54 Å². The van der Waals surface area contributed by atoms with Crippen molar-refractivity contribution in [1.29, 1.82) is 0 Å². The van der Waals surface area contributed by atoms with Crippen LogP contribution in [-0.4, -0.2) is 24.0 Å². The highest BCUT2D eigenvalue weighted by atomic mass is 16.1. The van der Waals surface area contributed by atoms with E-state index in [9.17, 15) is 4.79 Å². The van der Waals surface area contributed by atoms with Crippen LogP contribution in [0.3, 0.4) is 0 Å². The van der Waals surface area contributed by atoms with E-state index in [1.54, 1.807) is 6.07 Å². The number of hydrogen-bond acceptors (Lipinski definition) is 2. The van der Waals surface area contributed by atoms with Crippen molar-refractivity contribution in [3.8, 4) is 0 Å². The fourth-order valence-corrected chi connectivity index (χ4v) is 1.97. The van der Waals surface area contributed by atoms with Crippen molar-refractivity contribution in [2.45, 2.75) is 13.5 Å². The zero-order chi connectivity index (χ0) is 11.7. The Morgan fingerprint density at radius 2 is 2.06 bits per heavy atom. The number of rotatable bonds is 2. The topological polar surface area (TPSA) is 36.1 Å². The third kappa shape index (κ3) is 1.99. The Labute approximate surface area is 94.7 Å². The molecule has 1 N–H and O–H groups in total. The minimum atomic E-state index is -0.0290. The first-order valence-corrected chi connectivity index (χ1v) is 5.34. The van der Waals surface area contributed by atoms with Gasteiger partial charge in [0, 0.05) is 18.0 Å². The molecule has 0 radical (unpaired) electrons. The van der Waals surface area contributed by atoms with Crippen LogP contribution in [0.5, 0.6) is 0 Å². The van der Waals surface area contributed by atoms with Crippen molar-refractivity contribution in [3.05, 3.63) is 45.7 Å². The van der Waals surface area contributed by atoms with Crippen LogP contribution in [0, 0.1) is 6.92 Å². The molecule has 0 spiro atoms. The van der Waals surface area contributed by atoms with E-state index in [1.165, 1.54) is 0 Å². The highest BCUT2D eigenvalue weighted by Gasteiger charge is 2.05. The molecule has 3 nitrogen and oxygen atoms in total. The normalized spacial score (nSPS) is 11.2. The molecule has 0 saturated heterocycles. The number of benzene rings is 1. The van der Waals surface area contributed by atoms with Gasteiger partial charge in [-0.1, -0.05) is 18.2 Å². The van der Waals surface area contributed by atoms with Crippen molar-refractivity contribution in [2.75, 3.05) is 14.1 Å². The number of nitrogens with zero attached hydrogens (tertiary/aromatic N) is 1. The van der Waals surface area contributed by atoms with Gasteiger partial charge in [0.25, 0.3) is 0 Å². The van der Waals surface area contributed by atoms with Gasteiger partial charge in [0.15, 0.2) is 0 Å². The van der Waals surface area contributed by atoms with Crippen LogP contribution < -0.4 is 5.56 Å². The Hall–Kier alpha value is -1.61. The van der Waals surface area contributed by atoms with E-state index < -0.39 is 0 Å². The molecule has 0 aliphatic carbocycles. The van der Waals surface area contributed by atoms with Crippen LogP contribution in [0.15, 0.2) is 29.1 Å². The van der Waals surface area contributed by atoms with E-state index in [-0.39, 0.29) is 5.56 Å². The molecule has 3 heteroatoms. The molecule has 1 aromatic carbocycles. The molecule has 1 heterocycles. The zero-order valence-corrected chi connectivity index (χ0v) is 9.87. The monoisotopic (exact) mass is 216 g/mol. The number of H-pyrrole nitrogens is 1. The summed E-state index contributed by atoms with van der Waals surface area (Å²) in [4.78, 5) is 16.5. The second-order valence-electron chi connectivity index (χ2n) is 4.39. The number of fused-ring (bicyclic) bond motifs is 1. The number of hydrogen-bond donors (Lipinski definition) is 1. The molecule has 0 unspecified atom stereocenters. The Kier molecular flexibility index (Phi) is 2.79. The molecule has 0 aliphatic rings. The molecule has 2 rings (SSSR count). The molecule has 0 bridgehead atoms. The molecule has 0 atom stereocenters. The van der Waals surface area contributed by atoms with Crippen LogP contribution in [0.4, 0.5) is 0 Å². The highest BCUT2D eigenvalue weighted by molar-refractivity contribution is 5.84. The lowest BCUT2D eigenvalue weighted by atomic mass is 10.1. The smallest absolute Gasteiger partial charge is 0.248 e. The third-order valence-electron chi connectivity index (χ3n) is 2.66. The van der Waals surface area contributed by atoms with Crippen molar-refractivity contribution >= 4 is 10.9 Å². The lowest BCUT2D eigenvalue weighted by Gasteiger charge is -2.12. The number of para-hydroxylation sites is 1. The Balaban J connectivity index is 2.73. The molecular formula is C13H16N2O. The van der Waals surface area contributed by atoms with Gasteiger partial charge in [-0.3, -0.25) is 4.79 Å². The van der Waals surface area contributed by atoms with Gasteiger partial charge in [0.1, 0.15) is 0 Å². The standard InChI is InChI=1S/C13H16N2O/c1-9-5-4-6-11-10(8-15(2)3)7-12(16)14-13(9)11/h4-7H,8H2,1-3H3,(H,14,16). The van der Waals surface area contributed by atoms with E-state index in [0.29, 0.717) is 0 Å². The molecule has 84 valence electrons. The maximum absolute atomic E-state index is 11.6. The summed E-state index contributed by atoms with van der Waals surface area (Å²) in [7, 11) is 4.01. The highest BCUT2D eigenvalue weighted by Crippen LogP contribution is 2.18. The second kappa shape index (κ2) is 4.10. The minimum Gasteiger partial charge on any atom is -0.322 e. The molecule has 0 fully saturated rings. The van der Waals surface area contributed by atoms with E-state index >= 15 is 0 Å². The largest absolute Gasteiger partial charge is 0.322 e. The van der Waals surface area contributed by atoms with Crippen molar-refractivity contribution in [1.82, 2.24) is 9.88 Å². The van der Waals surface area contributed by atoms with Gasteiger partial charge in [-0.05, 0) is 32.1 Å². The summed E-state index contributed by atoms with van der Waals surface area (Å²) in [5, 5.41) is 1.13. The number of aromatic amines is 1. The third-order valence-corrected chi connectivity index (χ3v) is 2.66. The average molecular weight is 216 g/mol. The summed E-state index contributed by atoms with van der Waals surface area (Å²) in [6.07, 6.45) is 0. The number of pyridine rings is 1. The summed E-state index contributed by atoms with van der Waals surface area (Å²) < 4.78 is 0. The quantitative estimate of drug-likeness (QED) is 0.832. The van der Waals surface area contributed by atoms with Gasteiger partial charge in [-0.15, -0.1) is 0 Å². The van der Waals surface area contributed by atoms with Gasteiger partial charge < -0.3 is 9.88 Å². The van der Waals surface area contributed by atoms with E-state index in [0.717, 1.165) is 28.6 Å².